The Hall–Kier alpha value is -2.06. The van der Waals surface area contributed by atoms with Crippen LogP contribution in [0.2, 0.25) is 0 Å². The number of primary amides is 1. The van der Waals surface area contributed by atoms with Gasteiger partial charge in [-0.2, -0.15) is 0 Å². The fourth-order valence-electron chi connectivity index (χ4n) is 1.70. The van der Waals surface area contributed by atoms with E-state index < -0.39 is 5.91 Å². The topological polar surface area (TPSA) is 94.3 Å². The van der Waals surface area contributed by atoms with E-state index in [1.165, 1.54) is 30.2 Å². The molecule has 0 aliphatic carbocycles. The molecule has 0 unspecified atom stereocenters. The van der Waals surface area contributed by atoms with Gasteiger partial charge in [0, 0.05) is 0 Å². The van der Waals surface area contributed by atoms with Crippen molar-refractivity contribution in [2.45, 2.75) is 11.1 Å². The number of carbonyl (C=O) groups excluding carboxylic acids is 2. The summed E-state index contributed by atoms with van der Waals surface area (Å²) in [6.07, 6.45) is 0. The van der Waals surface area contributed by atoms with Gasteiger partial charge in [0.2, 0.25) is 5.91 Å². The van der Waals surface area contributed by atoms with Crippen molar-refractivity contribution in [1.29, 1.82) is 0 Å². The molecule has 1 heterocycles. The number of aromatic nitrogens is 1. The maximum absolute atomic E-state index is 12.3. The molecule has 2 amide bonds. The standard InChI is InChI=1S/C14H15N3O3S2/c1-8-13(21-7-11(15)18)22-14(16-8)17-12(19)9-5-3-4-6-10(9)20-2/h3-6H,7H2,1-2H3,(H2,15,18)(H,16,17,19). The lowest BCUT2D eigenvalue weighted by molar-refractivity contribution is -0.115. The fourth-order valence-corrected chi connectivity index (χ4v) is 3.58. The molecule has 0 saturated carbocycles. The van der Waals surface area contributed by atoms with Gasteiger partial charge in [0.15, 0.2) is 5.13 Å². The predicted molar refractivity (Wildman–Crippen MR) is 87.7 cm³/mol. The van der Waals surface area contributed by atoms with Crippen molar-refractivity contribution in [3.8, 4) is 5.75 Å². The van der Waals surface area contributed by atoms with Crippen LogP contribution in [0.3, 0.4) is 0 Å². The van der Waals surface area contributed by atoms with Crippen LogP contribution in [-0.4, -0.2) is 29.7 Å². The Kier molecular flexibility index (Phi) is 5.40. The first kappa shape index (κ1) is 16.3. The highest BCUT2D eigenvalue weighted by molar-refractivity contribution is 8.01. The number of rotatable bonds is 6. The Morgan fingerprint density at radius 2 is 2.14 bits per heavy atom. The number of thioether (sulfide) groups is 1. The molecule has 0 bridgehead atoms. The molecular formula is C14H15N3O3S2. The molecule has 0 fully saturated rings. The molecule has 3 N–H and O–H groups in total. The first-order valence-electron chi connectivity index (χ1n) is 6.34. The number of amides is 2. The highest BCUT2D eigenvalue weighted by Gasteiger charge is 2.15. The van der Waals surface area contributed by atoms with Gasteiger partial charge in [-0.05, 0) is 19.1 Å². The third kappa shape index (κ3) is 3.99. The summed E-state index contributed by atoms with van der Waals surface area (Å²) in [5.74, 6) is -0.00481. The SMILES string of the molecule is COc1ccccc1C(=O)Nc1nc(C)c(SCC(N)=O)s1. The third-order valence-corrected chi connectivity index (χ3v) is 5.13. The largest absolute Gasteiger partial charge is 0.496 e. The van der Waals surface area contributed by atoms with E-state index in [-0.39, 0.29) is 11.7 Å². The Labute approximate surface area is 136 Å². The number of aryl methyl sites for hydroxylation is 1. The van der Waals surface area contributed by atoms with Gasteiger partial charge in [-0.1, -0.05) is 23.5 Å². The van der Waals surface area contributed by atoms with Gasteiger partial charge in [0.1, 0.15) is 5.75 Å². The van der Waals surface area contributed by atoms with Crippen LogP contribution >= 0.6 is 23.1 Å². The summed E-state index contributed by atoms with van der Waals surface area (Å²) in [7, 11) is 1.51. The molecule has 1 aromatic carbocycles. The fraction of sp³-hybridized carbons (Fsp3) is 0.214. The second-order valence-electron chi connectivity index (χ2n) is 4.30. The normalized spacial score (nSPS) is 10.3. The van der Waals surface area contributed by atoms with E-state index in [1.54, 1.807) is 24.3 Å². The summed E-state index contributed by atoms with van der Waals surface area (Å²) >= 11 is 2.62. The van der Waals surface area contributed by atoms with Crippen molar-refractivity contribution in [3.05, 3.63) is 35.5 Å². The van der Waals surface area contributed by atoms with Crippen molar-refractivity contribution < 1.29 is 14.3 Å². The molecule has 6 nitrogen and oxygen atoms in total. The zero-order valence-corrected chi connectivity index (χ0v) is 13.7. The maximum atomic E-state index is 12.3. The van der Waals surface area contributed by atoms with Crippen molar-refractivity contribution in [3.63, 3.8) is 0 Å². The lowest BCUT2D eigenvalue weighted by Gasteiger charge is -2.06. The van der Waals surface area contributed by atoms with E-state index in [4.69, 9.17) is 10.5 Å². The van der Waals surface area contributed by atoms with E-state index in [2.05, 4.69) is 10.3 Å². The average molecular weight is 337 g/mol. The molecule has 0 aliphatic rings. The van der Waals surface area contributed by atoms with Gasteiger partial charge < -0.3 is 10.5 Å². The van der Waals surface area contributed by atoms with Crippen LogP contribution in [0.5, 0.6) is 5.75 Å². The van der Waals surface area contributed by atoms with E-state index in [9.17, 15) is 9.59 Å². The average Bonchev–Trinajstić information content (AvgIpc) is 2.84. The van der Waals surface area contributed by atoms with Gasteiger partial charge >= 0.3 is 0 Å². The van der Waals surface area contributed by atoms with E-state index >= 15 is 0 Å². The smallest absolute Gasteiger partial charge is 0.261 e. The van der Waals surface area contributed by atoms with Gasteiger partial charge in [0.05, 0.1) is 28.3 Å². The number of carbonyl (C=O) groups is 2. The Morgan fingerprint density at radius 1 is 1.41 bits per heavy atom. The summed E-state index contributed by atoms with van der Waals surface area (Å²) in [4.78, 5) is 27.4. The summed E-state index contributed by atoms with van der Waals surface area (Å²) in [6, 6.07) is 6.95. The monoisotopic (exact) mass is 337 g/mol. The zero-order chi connectivity index (χ0) is 16.1. The van der Waals surface area contributed by atoms with Crippen LogP contribution in [0.4, 0.5) is 5.13 Å². The first-order chi connectivity index (χ1) is 10.5. The van der Waals surface area contributed by atoms with Crippen molar-refractivity contribution >= 4 is 40.0 Å². The van der Waals surface area contributed by atoms with Gasteiger partial charge in [0.25, 0.3) is 5.91 Å². The highest BCUT2D eigenvalue weighted by Crippen LogP contribution is 2.32. The number of methoxy groups -OCH3 is 1. The molecule has 22 heavy (non-hydrogen) atoms. The molecule has 0 radical (unpaired) electrons. The maximum Gasteiger partial charge on any atom is 0.261 e. The molecule has 0 atom stereocenters. The summed E-state index contributed by atoms with van der Waals surface area (Å²) < 4.78 is 6.02. The third-order valence-electron chi connectivity index (χ3n) is 2.67. The van der Waals surface area contributed by atoms with Gasteiger partial charge in [-0.3, -0.25) is 14.9 Å². The molecule has 2 rings (SSSR count). The molecule has 1 aromatic heterocycles. The minimum atomic E-state index is -0.391. The van der Waals surface area contributed by atoms with Crippen LogP contribution < -0.4 is 15.8 Å². The molecule has 0 spiro atoms. The van der Waals surface area contributed by atoms with Crippen molar-refractivity contribution in [2.24, 2.45) is 5.73 Å². The minimum absolute atomic E-state index is 0.183. The zero-order valence-electron chi connectivity index (χ0n) is 12.1. The van der Waals surface area contributed by atoms with E-state index in [1.807, 2.05) is 6.92 Å². The predicted octanol–water partition coefficient (Wildman–Crippen LogP) is 2.29. The highest BCUT2D eigenvalue weighted by atomic mass is 32.2. The number of benzene rings is 1. The number of nitrogens with zero attached hydrogens (tertiary/aromatic N) is 1. The number of hydrogen-bond donors (Lipinski definition) is 2. The number of nitrogens with two attached hydrogens (primary N) is 1. The number of anilines is 1. The Morgan fingerprint density at radius 3 is 2.82 bits per heavy atom. The molecule has 8 heteroatoms. The summed E-state index contributed by atoms with van der Waals surface area (Å²) in [5.41, 5.74) is 6.32. The number of thiazole rings is 1. The van der Waals surface area contributed by atoms with E-state index in [0.29, 0.717) is 16.4 Å². The Balaban J connectivity index is 2.12. The lowest BCUT2D eigenvalue weighted by atomic mass is 10.2. The van der Waals surface area contributed by atoms with Crippen molar-refractivity contribution in [2.75, 3.05) is 18.2 Å². The van der Waals surface area contributed by atoms with Crippen LogP contribution in [0.15, 0.2) is 28.5 Å². The number of para-hydroxylation sites is 1. The number of ether oxygens (including phenoxy) is 1. The van der Waals surface area contributed by atoms with Crippen LogP contribution in [0.25, 0.3) is 0 Å². The summed E-state index contributed by atoms with van der Waals surface area (Å²) in [5, 5.41) is 3.21. The summed E-state index contributed by atoms with van der Waals surface area (Å²) in [6.45, 7) is 1.82. The lowest BCUT2D eigenvalue weighted by Crippen LogP contribution is -2.12. The van der Waals surface area contributed by atoms with Gasteiger partial charge in [-0.25, -0.2) is 4.98 Å². The second kappa shape index (κ2) is 7.28. The number of hydrogen-bond acceptors (Lipinski definition) is 6. The minimum Gasteiger partial charge on any atom is -0.496 e. The quantitative estimate of drug-likeness (QED) is 0.789. The molecular weight excluding hydrogens is 322 g/mol. The molecule has 0 aliphatic heterocycles. The van der Waals surface area contributed by atoms with Crippen molar-refractivity contribution in [1.82, 2.24) is 4.98 Å². The Bertz CT molecular complexity index is 700. The van der Waals surface area contributed by atoms with E-state index in [0.717, 1.165) is 9.90 Å². The van der Waals surface area contributed by atoms with Crippen LogP contribution in [0, 0.1) is 6.92 Å². The molecule has 116 valence electrons. The second-order valence-corrected chi connectivity index (χ2v) is 6.54. The van der Waals surface area contributed by atoms with Crippen LogP contribution in [-0.2, 0) is 4.79 Å². The van der Waals surface area contributed by atoms with Crippen LogP contribution in [0.1, 0.15) is 16.1 Å². The molecule has 0 saturated heterocycles. The molecule has 2 aromatic rings. The first-order valence-corrected chi connectivity index (χ1v) is 8.14. The van der Waals surface area contributed by atoms with Gasteiger partial charge in [-0.15, -0.1) is 11.8 Å². The number of nitrogens with one attached hydrogen (secondary N) is 1.